The van der Waals surface area contributed by atoms with Crippen molar-refractivity contribution in [3.05, 3.63) is 48.0 Å². The van der Waals surface area contributed by atoms with Gasteiger partial charge in [0.15, 0.2) is 0 Å². The van der Waals surface area contributed by atoms with Crippen molar-refractivity contribution < 1.29 is 4.79 Å². The van der Waals surface area contributed by atoms with E-state index >= 15 is 0 Å². The van der Waals surface area contributed by atoms with Gasteiger partial charge >= 0.3 is 0 Å². The van der Waals surface area contributed by atoms with Crippen molar-refractivity contribution in [2.45, 2.75) is 37.5 Å². The molecule has 1 aromatic carbocycles. The number of amides is 1. The zero-order chi connectivity index (χ0) is 17.0. The van der Waals surface area contributed by atoms with Gasteiger partial charge in [-0.1, -0.05) is 42.5 Å². The average molecular weight is 337 g/mol. The summed E-state index contributed by atoms with van der Waals surface area (Å²) in [6, 6.07) is 11.0. The fourth-order valence-electron chi connectivity index (χ4n) is 5.60. The van der Waals surface area contributed by atoms with Crippen molar-refractivity contribution in [3.8, 4) is 0 Å². The molecule has 4 heteroatoms. The molecule has 2 aliphatic heterocycles. The summed E-state index contributed by atoms with van der Waals surface area (Å²) in [6.07, 6.45) is 7.83. The Morgan fingerprint density at radius 2 is 1.84 bits per heavy atom. The van der Waals surface area contributed by atoms with Crippen molar-refractivity contribution in [3.63, 3.8) is 0 Å². The zero-order valence-electron chi connectivity index (χ0n) is 14.9. The topological polar surface area (TPSA) is 35.6 Å². The maximum absolute atomic E-state index is 13.1. The number of fused-ring (bicyclic) bond motifs is 5. The zero-order valence-corrected chi connectivity index (χ0v) is 14.9. The first-order valence-corrected chi connectivity index (χ1v) is 9.66. The highest BCUT2D eigenvalue weighted by Gasteiger charge is 2.57. The van der Waals surface area contributed by atoms with Crippen LogP contribution in [-0.4, -0.2) is 47.5 Å². The normalized spacial score (nSPS) is 36.2. The predicted molar refractivity (Wildman–Crippen MR) is 97.6 cm³/mol. The molecule has 2 saturated heterocycles. The number of nitrogens with zero attached hydrogens (tertiary/aromatic N) is 2. The number of piperidine rings is 1. The minimum atomic E-state index is -0.135. The number of nitrogens with one attached hydrogen (secondary N) is 1. The molecular formula is C21H27N3O. The minimum absolute atomic E-state index is 0.135. The Balaban J connectivity index is 1.30. The van der Waals surface area contributed by atoms with Crippen molar-refractivity contribution in [2.24, 2.45) is 17.8 Å². The Labute approximate surface area is 149 Å². The number of likely N-dealkylation sites (tertiary alicyclic amines) is 1. The van der Waals surface area contributed by atoms with Gasteiger partial charge in [-0.3, -0.25) is 15.0 Å². The van der Waals surface area contributed by atoms with Gasteiger partial charge in [-0.25, -0.2) is 0 Å². The van der Waals surface area contributed by atoms with Crippen LogP contribution < -0.4 is 5.32 Å². The number of carbonyl (C=O) groups is 1. The quantitative estimate of drug-likeness (QED) is 0.841. The number of hydrogen-bond donors (Lipinski definition) is 1. The van der Waals surface area contributed by atoms with Crippen molar-refractivity contribution in [2.75, 3.05) is 20.1 Å². The largest absolute Gasteiger partial charge is 0.327 e. The summed E-state index contributed by atoms with van der Waals surface area (Å²) in [6.45, 7) is 3.09. The van der Waals surface area contributed by atoms with Crippen molar-refractivity contribution in [1.29, 1.82) is 0 Å². The fraction of sp³-hybridized carbons (Fsp3) is 0.571. The highest BCUT2D eigenvalue weighted by atomic mass is 16.2. The number of hydrogen-bond acceptors (Lipinski definition) is 3. The molecule has 3 fully saturated rings. The van der Waals surface area contributed by atoms with Gasteiger partial charge in [0.2, 0.25) is 5.91 Å². The lowest BCUT2D eigenvalue weighted by Gasteiger charge is -2.55. The second-order valence-corrected chi connectivity index (χ2v) is 8.33. The maximum atomic E-state index is 13.1. The third-order valence-electron chi connectivity index (χ3n) is 7.08. The highest BCUT2D eigenvalue weighted by Crippen LogP contribution is 2.48. The third kappa shape index (κ3) is 2.38. The van der Waals surface area contributed by atoms with Crippen LogP contribution in [-0.2, 0) is 11.3 Å². The van der Waals surface area contributed by atoms with Crippen LogP contribution in [0.2, 0.25) is 0 Å². The van der Waals surface area contributed by atoms with Gasteiger partial charge in [0, 0.05) is 32.7 Å². The first-order valence-electron chi connectivity index (χ1n) is 9.66. The minimum Gasteiger partial charge on any atom is -0.327 e. The Kier molecular flexibility index (Phi) is 3.54. The van der Waals surface area contributed by atoms with E-state index in [0.717, 1.165) is 38.9 Å². The van der Waals surface area contributed by atoms with E-state index in [4.69, 9.17) is 0 Å². The molecule has 2 aliphatic carbocycles. The second-order valence-electron chi connectivity index (χ2n) is 8.33. The van der Waals surface area contributed by atoms with Crippen molar-refractivity contribution in [1.82, 2.24) is 15.1 Å². The van der Waals surface area contributed by atoms with Gasteiger partial charge in [0.25, 0.3) is 0 Å². The van der Waals surface area contributed by atoms with Crippen LogP contribution in [0, 0.1) is 17.8 Å². The van der Waals surface area contributed by atoms with Gasteiger partial charge in [0.05, 0.1) is 11.6 Å². The average Bonchev–Trinajstić information content (AvgIpc) is 3.24. The second kappa shape index (κ2) is 5.68. The molecule has 0 aromatic heterocycles. The van der Waals surface area contributed by atoms with E-state index in [0.29, 0.717) is 23.8 Å². The lowest BCUT2D eigenvalue weighted by atomic mass is 9.80. The summed E-state index contributed by atoms with van der Waals surface area (Å²) < 4.78 is 0. The number of rotatable bonds is 2. The monoisotopic (exact) mass is 337 g/mol. The van der Waals surface area contributed by atoms with E-state index in [-0.39, 0.29) is 11.6 Å². The molecule has 1 spiro atoms. The molecule has 0 unspecified atom stereocenters. The Bertz CT molecular complexity index is 692. The van der Waals surface area contributed by atoms with Crippen LogP contribution in [0.3, 0.4) is 0 Å². The van der Waals surface area contributed by atoms with E-state index < -0.39 is 0 Å². The van der Waals surface area contributed by atoms with Gasteiger partial charge in [-0.05, 0) is 36.7 Å². The number of allylic oxidation sites excluding steroid dienone is 1. The molecule has 1 aromatic rings. The van der Waals surface area contributed by atoms with Crippen molar-refractivity contribution >= 4 is 5.91 Å². The highest BCUT2D eigenvalue weighted by molar-refractivity contribution is 5.82. The van der Waals surface area contributed by atoms with Gasteiger partial charge < -0.3 is 4.90 Å². The molecule has 1 amide bonds. The Morgan fingerprint density at radius 1 is 1.12 bits per heavy atom. The van der Waals surface area contributed by atoms with E-state index in [9.17, 15) is 4.79 Å². The summed E-state index contributed by atoms with van der Waals surface area (Å²) >= 11 is 0. The molecule has 1 saturated carbocycles. The van der Waals surface area contributed by atoms with Gasteiger partial charge in [-0.2, -0.15) is 0 Å². The molecule has 5 rings (SSSR count). The van der Waals surface area contributed by atoms with E-state index in [1.807, 2.05) is 7.05 Å². The SMILES string of the molecule is CN1C(=O)[C@H]2[C@@H](NC13CCN(Cc1ccccc1)CC3)[C@@H]1C=C[C@H]2C1. The lowest BCUT2D eigenvalue weighted by Crippen LogP contribution is -2.73. The molecule has 132 valence electrons. The van der Waals surface area contributed by atoms with Crippen LogP contribution in [0.25, 0.3) is 0 Å². The third-order valence-corrected chi connectivity index (χ3v) is 7.08. The van der Waals surface area contributed by atoms with E-state index in [1.165, 1.54) is 5.56 Å². The molecular weight excluding hydrogens is 310 g/mol. The molecule has 4 nitrogen and oxygen atoms in total. The molecule has 2 heterocycles. The number of carbonyl (C=O) groups excluding carboxylic acids is 1. The Morgan fingerprint density at radius 3 is 2.60 bits per heavy atom. The first kappa shape index (κ1) is 15.6. The lowest BCUT2D eigenvalue weighted by molar-refractivity contribution is -0.154. The van der Waals surface area contributed by atoms with Gasteiger partial charge in [-0.15, -0.1) is 0 Å². The summed E-state index contributed by atoms with van der Waals surface area (Å²) in [5.74, 6) is 1.57. The molecule has 4 atom stereocenters. The van der Waals surface area contributed by atoms with E-state index in [2.05, 4.69) is 57.6 Å². The standard InChI is InChI=1S/C21H27N3O/c1-23-20(25)18-16-7-8-17(13-16)19(18)22-21(23)9-11-24(12-10-21)14-15-5-3-2-4-6-15/h2-8,16-19,22H,9-14H2,1H3/t16-,17+,18+,19-/m0/s1. The van der Waals surface area contributed by atoms with Crippen LogP contribution in [0.5, 0.6) is 0 Å². The maximum Gasteiger partial charge on any atom is 0.229 e. The van der Waals surface area contributed by atoms with Gasteiger partial charge in [0.1, 0.15) is 0 Å². The summed E-state index contributed by atoms with van der Waals surface area (Å²) in [5, 5.41) is 3.95. The molecule has 4 aliphatic rings. The molecule has 0 radical (unpaired) electrons. The van der Waals surface area contributed by atoms with Crippen LogP contribution in [0.15, 0.2) is 42.5 Å². The smallest absolute Gasteiger partial charge is 0.229 e. The van der Waals surface area contributed by atoms with E-state index in [1.54, 1.807) is 0 Å². The number of benzene rings is 1. The molecule has 1 N–H and O–H groups in total. The first-order chi connectivity index (χ1) is 12.2. The molecule has 2 bridgehead atoms. The summed E-state index contributed by atoms with van der Waals surface area (Å²) in [5.41, 5.74) is 1.24. The Hall–Kier alpha value is -1.65. The molecule has 25 heavy (non-hydrogen) atoms. The summed E-state index contributed by atoms with van der Waals surface area (Å²) in [7, 11) is 2.02. The predicted octanol–water partition coefficient (Wildman–Crippen LogP) is 2.23. The summed E-state index contributed by atoms with van der Waals surface area (Å²) in [4.78, 5) is 17.7. The van der Waals surface area contributed by atoms with Crippen LogP contribution in [0.4, 0.5) is 0 Å². The van der Waals surface area contributed by atoms with Crippen LogP contribution in [0.1, 0.15) is 24.8 Å². The fourth-order valence-corrected chi connectivity index (χ4v) is 5.60. The van der Waals surface area contributed by atoms with Crippen LogP contribution >= 0.6 is 0 Å².